The van der Waals surface area contributed by atoms with Crippen molar-refractivity contribution in [2.45, 2.75) is 38.6 Å². The average Bonchev–Trinajstić information content (AvgIpc) is 3.03. The Morgan fingerprint density at radius 2 is 1.85 bits per heavy atom. The molecule has 3 aromatic rings. The van der Waals surface area contributed by atoms with Crippen LogP contribution in [0.25, 0.3) is 10.9 Å². The van der Waals surface area contributed by atoms with Crippen molar-refractivity contribution in [3.05, 3.63) is 65.9 Å². The van der Waals surface area contributed by atoms with Gasteiger partial charge in [-0.1, -0.05) is 37.3 Å². The molecule has 142 valence electrons. The van der Waals surface area contributed by atoms with Crippen LogP contribution in [0.5, 0.6) is 5.75 Å². The van der Waals surface area contributed by atoms with Gasteiger partial charge in [0.1, 0.15) is 5.75 Å². The van der Waals surface area contributed by atoms with Gasteiger partial charge in [0, 0.05) is 42.5 Å². The molecule has 0 aliphatic rings. The molecule has 4 heteroatoms. The van der Waals surface area contributed by atoms with Gasteiger partial charge in [0.05, 0.1) is 7.11 Å². The predicted molar refractivity (Wildman–Crippen MR) is 110 cm³/mol. The maximum Gasteiger partial charge on any atom is 0.221 e. The highest BCUT2D eigenvalue weighted by Crippen LogP contribution is 2.35. The summed E-state index contributed by atoms with van der Waals surface area (Å²) in [4.78, 5) is 12.7. The number of aryl methyl sites for hydroxylation is 1. The van der Waals surface area contributed by atoms with E-state index in [0.717, 1.165) is 17.7 Å². The lowest BCUT2D eigenvalue weighted by atomic mass is 9.88. The number of rotatable bonds is 7. The Kier molecular flexibility index (Phi) is 5.84. The van der Waals surface area contributed by atoms with E-state index in [-0.39, 0.29) is 17.9 Å². The molecule has 0 aliphatic carbocycles. The van der Waals surface area contributed by atoms with Crippen molar-refractivity contribution in [2.75, 3.05) is 7.11 Å². The van der Waals surface area contributed by atoms with Gasteiger partial charge in [-0.05, 0) is 42.7 Å². The summed E-state index contributed by atoms with van der Waals surface area (Å²) in [5.41, 5.74) is 3.47. The molecule has 3 rings (SSSR count). The molecule has 0 saturated carbocycles. The summed E-state index contributed by atoms with van der Waals surface area (Å²) in [5, 5.41) is 4.30. The topological polar surface area (TPSA) is 43.3 Å². The van der Waals surface area contributed by atoms with E-state index in [1.165, 1.54) is 16.5 Å². The number of nitrogens with one attached hydrogen (secondary N) is 1. The first-order chi connectivity index (χ1) is 13.0. The Morgan fingerprint density at radius 1 is 1.15 bits per heavy atom. The summed E-state index contributed by atoms with van der Waals surface area (Å²) in [5.74, 6) is 0.892. The molecule has 0 saturated heterocycles. The second-order valence-corrected chi connectivity index (χ2v) is 7.12. The molecule has 0 radical (unpaired) electrons. The van der Waals surface area contributed by atoms with Gasteiger partial charge in [0.2, 0.25) is 5.91 Å². The van der Waals surface area contributed by atoms with E-state index >= 15 is 0 Å². The van der Waals surface area contributed by atoms with E-state index in [1.54, 1.807) is 7.11 Å². The van der Waals surface area contributed by atoms with Crippen LogP contribution in [0.15, 0.2) is 54.7 Å². The standard InChI is InChI=1S/C23H28N2O2/c1-5-16(2)24-23(26)14-20(17-10-12-18(27-4)13-11-17)21-15-25(3)22-9-7-6-8-19(21)22/h6-13,15-16,20H,5,14H2,1-4H3,(H,24,26). The third-order valence-electron chi connectivity index (χ3n) is 5.23. The number of para-hydroxylation sites is 1. The van der Waals surface area contributed by atoms with E-state index in [1.807, 2.05) is 25.1 Å². The third-order valence-corrected chi connectivity index (χ3v) is 5.23. The molecule has 2 unspecified atom stereocenters. The van der Waals surface area contributed by atoms with Gasteiger partial charge in [-0.25, -0.2) is 0 Å². The Hall–Kier alpha value is -2.75. The van der Waals surface area contributed by atoms with Crippen LogP contribution < -0.4 is 10.1 Å². The van der Waals surface area contributed by atoms with Crippen LogP contribution in [0.2, 0.25) is 0 Å². The van der Waals surface area contributed by atoms with Crippen molar-refractivity contribution >= 4 is 16.8 Å². The van der Waals surface area contributed by atoms with E-state index < -0.39 is 0 Å². The maximum absolute atomic E-state index is 12.7. The zero-order chi connectivity index (χ0) is 19.4. The molecular weight excluding hydrogens is 336 g/mol. The smallest absolute Gasteiger partial charge is 0.221 e. The van der Waals surface area contributed by atoms with E-state index in [9.17, 15) is 4.79 Å². The van der Waals surface area contributed by atoms with Gasteiger partial charge in [-0.3, -0.25) is 4.79 Å². The van der Waals surface area contributed by atoms with Crippen molar-refractivity contribution in [3.8, 4) is 5.75 Å². The number of benzene rings is 2. The van der Waals surface area contributed by atoms with Crippen LogP contribution in [0.4, 0.5) is 0 Å². The quantitative estimate of drug-likeness (QED) is 0.664. The molecule has 1 aromatic heterocycles. The second kappa shape index (κ2) is 8.30. The van der Waals surface area contributed by atoms with Gasteiger partial charge < -0.3 is 14.6 Å². The monoisotopic (exact) mass is 364 g/mol. The fourth-order valence-corrected chi connectivity index (χ4v) is 3.52. The number of aromatic nitrogens is 1. The summed E-state index contributed by atoms with van der Waals surface area (Å²) >= 11 is 0. The minimum Gasteiger partial charge on any atom is -0.497 e. The highest BCUT2D eigenvalue weighted by atomic mass is 16.5. The van der Waals surface area contributed by atoms with Gasteiger partial charge >= 0.3 is 0 Å². The summed E-state index contributed by atoms with van der Waals surface area (Å²) in [7, 11) is 3.72. The molecular formula is C23H28N2O2. The summed E-state index contributed by atoms with van der Waals surface area (Å²) < 4.78 is 7.43. The second-order valence-electron chi connectivity index (χ2n) is 7.12. The number of hydrogen-bond donors (Lipinski definition) is 1. The summed E-state index contributed by atoms with van der Waals surface area (Å²) in [6.45, 7) is 4.12. The first-order valence-electron chi connectivity index (χ1n) is 9.50. The van der Waals surface area contributed by atoms with E-state index in [0.29, 0.717) is 6.42 Å². The molecule has 1 N–H and O–H groups in total. The lowest BCUT2D eigenvalue weighted by molar-refractivity contribution is -0.121. The van der Waals surface area contributed by atoms with Crippen LogP contribution in [0.3, 0.4) is 0 Å². The zero-order valence-electron chi connectivity index (χ0n) is 16.5. The minimum atomic E-state index is -0.00828. The summed E-state index contributed by atoms with van der Waals surface area (Å²) in [6, 6.07) is 16.6. The Bertz CT molecular complexity index is 912. The predicted octanol–water partition coefficient (Wildman–Crippen LogP) is 4.62. The van der Waals surface area contributed by atoms with Crippen molar-refractivity contribution in [1.29, 1.82) is 0 Å². The van der Waals surface area contributed by atoms with E-state index in [4.69, 9.17) is 4.74 Å². The number of carbonyl (C=O) groups is 1. The van der Waals surface area contributed by atoms with Crippen molar-refractivity contribution in [1.82, 2.24) is 9.88 Å². The largest absolute Gasteiger partial charge is 0.497 e. The van der Waals surface area contributed by atoms with E-state index in [2.05, 4.69) is 60.4 Å². The maximum atomic E-state index is 12.7. The number of nitrogens with zero attached hydrogens (tertiary/aromatic N) is 1. The molecule has 2 aromatic carbocycles. The lowest BCUT2D eigenvalue weighted by Crippen LogP contribution is -2.33. The average molecular weight is 364 g/mol. The fourth-order valence-electron chi connectivity index (χ4n) is 3.52. The molecule has 1 heterocycles. The molecule has 2 atom stereocenters. The Morgan fingerprint density at radius 3 is 2.52 bits per heavy atom. The van der Waals surface area contributed by atoms with Gasteiger partial charge in [-0.2, -0.15) is 0 Å². The Labute approximate surface area is 161 Å². The fraction of sp³-hybridized carbons (Fsp3) is 0.348. The zero-order valence-corrected chi connectivity index (χ0v) is 16.5. The van der Waals surface area contributed by atoms with Crippen LogP contribution in [-0.2, 0) is 11.8 Å². The SMILES string of the molecule is CCC(C)NC(=O)CC(c1ccc(OC)cc1)c1cn(C)c2ccccc12. The Balaban J connectivity index is 2.01. The first-order valence-corrected chi connectivity index (χ1v) is 9.50. The van der Waals surface area contributed by atoms with Crippen LogP contribution >= 0.6 is 0 Å². The number of carbonyl (C=O) groups excluding carboxylic acids is 1. The summed E-state index contributed by atoms with van der Waals surface area (Å²) in [6.07, 6.45) is 3.49. The molecule has 0 bridgehead atoms. The molecule has 0 spiro atoms. The van der Waals surface area contributed by atoms with Crippen LogP contribution in [0, 0.1) is 0 Å². The highest BCUT2D eigenvalue weighted by molar-refractivity contribution is 5.86. The number of fused-ring (bicyclic) bond motifs is 1. The van der Waals surface area contributed by atoms with Gasteiger partial charge in [-0.15, -0.1) is 0 Å². The molecule has 0 aliphatic heterocycles. The van der Waals surface area contributed by atoms with Crippen molar-refractivity contribution < 1.29 is 9.53 Å². The van der Waals surface area contributed by atoms with Crippen LogP contribution in [-0.4, -0.2) is 23.6 Å². The first kappa shape index (κ1) is 19.0. The van der Waals surface area contributed by atoms with Gasteiger partial charge in [0.15, 0.2) is 0 Å². The number of hydrogen-bond acceptors (Lipinski definition) is 2. The van der Waals surface area contributed by atoms with Crippen molar-refractivity contribution in [3.63, 3.8) is 0 Å². The molecule has 1 amide bonds. The molecule has 0 fully saturated rings. The third kappa shape index (κ3) is 4.16. The number of methoxy groups -OCH3 is 1. The molecule has 27 heavy (non-hydrogen) atoms. The number of amides is 1. The lowest BCUT2D eigenvalue weighted by Gasteiger charge is -2.19. The normalized spacial score (nSPS) is 13.3. The van der Waals surface area contributed by atoms with Crippen molar-refractivity contribution in [2.24, 2.45) is 7.05 Å². The molecule has 4 nitrogen and oxygen atoms in total. The number of ether oxygens (including phenoxy) is 1. The highest BCUT2D eigenvalue weighted by Gasteiger charge is 2.22. The van der Waals surface area contributed by atoms with Crippen LogP contribution in [0.1, 0.15) is 43.7 Å². The van der Waals surface area contributed by atoms with Gasteiger partial charge in [0.25, 0.3) is 0 Å². The minimum absolute atomic E-state index is 0.00828.